The molecular formula is C17H18FN3O3. The number of hydrogen-bond donors (Lipinski definition) is 2. The molecule has 1 saturated heterocycles. The molecule has 24 heavy (non-hydrogen) atoms. The van der Waals surface area contributed by atoms with Gasteiger partial charge < -0.3 is 10.0 Å². The van der Waals surface area contributed by atoms with Crippen LogP contribution >= 0.6 is 0 Å². The van der Waals surface area contributed by atoms with Crippen LogP contribution in [0.3, 0.4) is 0 Å². The number of hydrogen-bond acceptors (Lipinski definition) is 3. The highest BCUT2D eigenvalue weighted by molar-refractivity contribution is 5.94. The first-order valence-corrected chi connectivity index (χ1v) is 7.89. The third kappa shape index (κ3) is 3.29. The Morgan fingerprint density at radius 1 is 1.33 bits per heavy atom. The number of carbonyl (C=O) groups is 2. The summed E-state index contributed by atoms with van der Waals surface area (Å²) in [5.74, 6) is -1.63. The number of aromatic amines is 1. The number of carbonyl (C=O) groups excluding carboxylic acids is 1. The van der Waals surface area contributed by atoms with Crippen LogP contribution in [-0.2, 0) is 4.79 Å². The van der Waals surface area contributed by atoms with E-state index in [0.717, 1.165) is 12.8 Å². The molecule has 0 bridgehead atoms. The van der Waals surface area contributed by atoms with Crippen molar-refractivity contribution in [2.75, 3.05) is 6.54 Å². The van der Waals surface area contributed by atoms with E-state index in [-0.39, 0.29) is 24.1 Å². The third-order valence-electron chi connectivity index (χ3n) is 4.26. The van der Waals surface area contributed by atoms with Crippen LogP contribution in [0.2, 0.25) is 0 Å². The van der Waals surface area contributed by atoms with Gasteiger partial charge in [-0.15, -0.1) is 0 Å². The zero-order valence-corrected chi connectivity index (χ0v) is 13.0. The first kappa shape index (κ1) is 16.2. The lowest BCUT2D eigenvalue weighted by molar-refractivity contribution is -0.138. The molecule has 1 unspecified atom stereocenters. The molecule has 0 saturated carbocycles. The maximum Gasteiger partial charge on any atom is 0.305 e. The predicted octanol–water partition coefficient (Wildman–Crippen LogP) is 2.69. The fourth-order valence-electron chi connectivity index (χ4n) is 3.07. The maximum atomic E-state index is 13.8. The van der Waals surface area contributed by atoms with Gasteiger partial charge in [0.05, 0.1) is 12.1 Å². The summed E-state index contributed by atoms with van der Waals surface area (Å²) in [7, 11) is 0. The van der Waals surface area contributed by atoms with Crippen molar-refractivity contribution in [1.29, 1.82) is 0 Å². The van der Waals surface area contributed by atoms with Gasteiger partial charge in [0.1, 0.15) is 11.5 Å². The molecule has 0 aliphatic carbocycles. The zero-order chi connectivity index (χ0) is 17.1. The van der Waals surface area contributed by atoms with Crippen LogP contribution < -0.4 is 0 Å². The van der Waals surface area contributed by atoms with E-state index in [1.807, 2.05) is 0 Å². The number of amides is 1. The molecule has 126 valence electrons. The maximum absolute atomic E-state index is 13.8. The number of aliphatic carboxylic acids is 1. The Labute approximate surface area is 138 Å². The van der Waals surface area contributed by atoms with Gasteiger partial charge in [0.2, 0.25) is 0 Å². The molecular weight excluding hydrogens is 313 g/mol. The molecule has 2 N–H and O–H groups in total. The quantitative estimate of drug-likeness (QED) is 0.902. The van der Waals surface area contributed by atoms with Crippen molar-refractivity contribution in [3.05, 3.63) is 41.8 Å². The molecule has 1 amide bonds. The average Bonchev–Trinajstić information content (AvgIpc) is 3.04. The summed E-state index contributed by atoms with van der Waals surface area (Å²) in [6, 6.07) is 7.40. The highest BCUT2D eigenvalue weighted by Crippen LogP contribution is 2.24. The van der Waals surface area contributed by atoms with Gasteiger partial charge in [-0.3, -0.25) is 14.7 Å². The Hall–Kier alpha value is -2.70. The van der Waals surface area contributed by atoms with Crippen molar-refractivity contribution in [2.24, 2.45) is 0 Å². The van der Waals surface area contributed by atoms with Gasteiger partial charge in [0, 0.05) is 18.2 Å². The van der Waals surface area contributed by atoms with Crippen molar-refractivity contribution in [3.8, 4) is 11.3 Å². The number of nitrogens with zero attached hydrogens (tertiary/aromatic N) is 2. The van der Waals surface area contributed by atoms with Gasteiger partial charge >= 0.3 is 5.97 Å². The van der Waals surface area contributed by atoms with E-state index in [1.54, 1.807) is 23.1 Å². The van der Waals surface area contributed by atoms with Crippen molar-refractivity contribution in [3.63, 3.8) is 0 Å². The molecule has 3 rings (SSSR count). The summed E-state index contributed by atoms with van der Waals surface area (Å²) in [5, 5.41) is 15.7. The minimum atomic E-state index is -0.920. The minimum absolute atomic E-state index is 0.0694. The monoisotopic (exact) mass is 331 g/mol. The van der Waals surface area contributed by atoms with Gasteiger partial charge in [-0.25, -0.2) is 4.39 Å². The largest absolute Gasteiger partial charge is 0.481 e. The van der Waals surface area contributed by atoms with Crippen molar-refractivity contribution in [1.82, 2.24) is 15.1 Å². The van der Waals surface area contributed by atoms with E-state index < -0.39 is 11.8 Å². The molecule has 0 spiro atoms. The fraction of sp³-hybridized carbons (Fsp3) is 0.353. The number of rotatable bonds is 4. The average molecular weight is 331 g/mol. The number of piperidine rings is 1. The SMILES string of the molecule is O=C(O)CC1CCCCN1C(=O)c1cc(-c2ccccc2F)n[nH]1. The highest BCUT2D eigenvalue weighted by Gasteiger charge is 2.30. The molecule has 1 atom stereocenters. The van der Waals surface area contributed by atoms with E-state index in [2.05, 4.69) is 10.2 Å². The van der Waals surface area contributed by atoms with Gasteiger partial charge in [-0.1, -0.05) is 12.1 Å². The lowest BCUT2D eigenvalue weighted by Crippen LogP contribution is -2.44. The molecule has 7 heteroatoms. The molecule has 2 aromatic rings. The zero-order valence-electron chi connectivity index (χ0n) is 13.0. The summed E-state index contributed by atoms with van der Waals surface area (Å²) in [6.07, 6.45) is 2.35. The molecule has 0 radical (unpaired) electrons. The van der Waals surface area contributed by atoms with E-state index in [4.69, 9.17) is 5.11 Å². The van der Waals surface area contributed by atoms with Crippen molar-refractivity contribution >= 4 is 11.9 Å². The Morgan fingerprint density at radius 2 is 2.12 bits per heavy atom. The van der Waals surface area contributed by atoms with Crippen LogP contribution in [0.5, 0.6) is 0 Å². The molecule has 1 aliphatic heterocycles. The lowest BCUT2D eigenvalue weighted by Gasteiger charge is -2.34. The number of benzene rings is 1. The number of likely N-dealkylation sites (tertiary alicyclic amines) is 1. The molecule has 1 aliphatic rings. The topological polar surface area (TPSA) is 86.3 Å². The molecule has 6 nitrogen and oxygen atoms in total. The summed E-state index contributed by atoms with van der Waals surface area (Å²) >= 11 is 0. The van der Waals surface area contributed by atoms with Crippen LogP contribution in [0, 0.1) is 5.82 Å². The van der Waals surface area contributed by atoms with Gasteiger partial charge in [0.25, 0.3) is 5.91 Å². The van der Waals surface area contributed by atoms with E-state index in [1.165, 1.54) is 12.1 Å². The van der Waals surface area contributed by atoms with E-state index in [0.29, 0.717) is 24.2 Å². The molecule has 1 aromatic heterocycles. The van der Waals surface area contributed by atoms with Crippen LogP contribution in [-0.4, -0.2) is 44.7 Å². The first-order chi connectivity index (χ1) is 11.6. The van der Waals surface area contributed by atoms with Gasteiger partial charge in [-0.05, 0) is 37.5 Å². The van der Waals surface area contributed by atoms with E-state index >= 15 is 0 Å². The molecule has 1 aromatic carbocycles. The van der Waals surface area contributed by atoms with Crippen LogP contribution in [0.25, 0.3) is 11.3 Å². The smallest absolute Gasteiger partial charge is 0.305 e. The number of carboxylic acids is 1. The second-order valence-electron chi connectivity index (χ2n) is 5.89. The standard InChI is InChI=1S/C17H18FN3O3/c18-13-7-2-1-6-12(13)14-10-15(20-19-14)17(24)21-8-4-3-5-11(21)9-16(22)23/h1-2,6-7,10-11H,3-5,8-9H2,(H,19,20)(H,22,23). The molecule has 1 fully saturated rings. The Morgan fingerprint density at radius 3 is 2.88 bits per heavy atom. The third-order valence-corrected chi connectivity index (χ3v) is 4.26. The van der Waals surface area contributed by atoms with Crippen molar-refractivity contribution < 1.29 is 19.1 Å². The normalized spacial score (nSPS) is 17.7. The summed E-state index contributed by atoms with van der Waals surface area (Å²) in [5.41, 5.74) is 0.905. The van der Waals surface area contributed by atoms with Gasteiger partial charge in [-0.2, -0.15) is 5.10 Å². The van der Waals surface area contributed by atoms with Gasteiger partial charge in [0.15, 0.2) is 0 Å². The summed E-state index contributed by atoms with van der Waals surface area (Å²) in [6.45, 7) is 0.519. The highest BCUT2D eigenvalue weighted by atomic mass is 19.1. The number of aromatic nitrogens is 2. The van der Waals surface area contributed by atoms with Crippen LogP contribution in [0.4, 0.5) is 4.39 Å². The van der Waals surface area contributed by atoms with Crippen LogP contribution in [0.15, 0.2) is 30.3 Å². The predicted molar refractivity (Wildman–Crippen MR) is 84.9 cm³/mol. The Bertz CT molecular complexity index is 759. The number of halogens is 1. The lowest BCUT2D eigenvalue weighted by atomic mass is 9.99. The molecule has 2 heterocycles. The number of carboxylic acid groups (broad SMARTS) is 1. The second kappa shape index (κ2) is 6.82. The Kier molecular flexibility index (Phi) is 4.59. The first-order valence-electron chi connectivity index (χ1n) is 7.89. The minimum Gasteiger partial charge on any atom is -0.481 e. The van der Waals surface area contributed by atoms with E-state index in [9.17, 15) is 14.0 Å². The Balaban J connectivity index is 1.82. The summed E-state index contributed by atoms with van der Waals surface area (Å²) < 4.78 is 13.8. The second-order valence-corrected chi connectivity index (χ2v) is 5.89. The summed E-state index contributed by atoms with van der Waals surface area (Å²) in [4.78, 5) is 25.3. The number of nitrogens with one attached hydrogen (secondary N) is 1. The van der Waals surface area contributed by atoms with Crippen molar-refractivity contribution in [2.45, 2.75) is 31.7 Å². The van der Waals surface area contributed by atoms with Crippen LogP contribution in [0.1, 0.15) is 36.2 Å². The fourth-order valence-corrected chi connectivity index (χ4v) is 3.07. The number of H-pyrrole nitrogens is 1.